The van der Waals surface area contributed by atoms with Gasteiger partial charge in [0.15, 0.2) is 0 Å². The molecule has 2 heteroatoms. The van der Waals surface area contributed by atoms with Crippen LogP contribution in [0, 0.1) is 0 Å². The average molecular weight is 290 g/mol. The molecule has 1 atom stereocenters. The summed E-state index contributed by atoms with van der Waals surface area (Å²) in [5, 5.41) is 3.74. The minimum atomic E-state index is -1.10. The molecule has 1 unspecified atom stereocenters. The quantitative estimate of drug-likeness (QED) is 0.781. The molecular formula is C18H31NSi. The molecule has 20 heavy (non-hydrogen) atoms. The van der Waals surface area contributed by atoms with Gasteiger partial charge in [-0.05, 0) is 36.4 Å². The van der Waals surface area contributed by atoms with Crippen LogP contribution >= 0.6 is 0 Å². The second kappa shape index (κ2) is 6.03. The van der Waals surface area contributed by atoms with Crippen LogP contribution in [0.2, 0.25) is 25.7 Å². The lowest BCUT2D eigenvalue weighted by atomic mass is 9.71. The smallest absolute Gasteiger partial charge is 0.0451 e. The molecular weight excluding hydrogens is 258 g/mol. The first-order valence-electron chi connectivity index (χ1n) is 8.14. The van der Waals surface area contributed by atoms with Gasteiger partial charge in [-0.3, -0.25) is 0 Å². The van der Waals surface area contributed by atoms with Crippen LogP contribution in [0.1, 0.15) is 37.8 Å². The Labute approximate surface area is 126 Å². The van der Waals surface area contributed by atoms with E-state index in [9.17, 15) is 0 Å². The summed E-state index contributed by atoms with van der Waals surface area (Å²) in [6.07, 6.45) is 3.97. The third-order valence-electron chi connectivity index (χ3n) is 4.41. The second-order valence-corrected chi connectivity index (χ2v) is 13.5. The van der Waals surface area contributed by atoms with Crippen molar-refractivity contribution >= 4 is 8.07 Å². The highest BCUT2D eigenvalue weighted by atomic mass is 28.3. The van der Waals surface area contributed by atoms with Gasteiger partial charge >= 0.3 is 0 Å². The second-order valence-electron chi connectivity index (χ2n) is 8.06. The number of rotatable bonds is 5. The van der Waals surface area contributed by atoms with Gasteiger partial charge in [0.25, 0.3) is 0 Å². The van der Waals surface area contributed by atoms with Gasteiger partial charge in [-0.25, -0.2) is 0 Å². The fourth-order valence-electron chi connectivity index (χ4n) is 3.85. The van der Waals surface area contributed by atoms with E-state index in [2.05, 4.69) is 63.1 Å². The summed E-state index contributed by atoms with van der Waals surface area (Å²) in [6.45, 7) is 13.2. The first-order chi connectivity index (χ1) is 9.32. The van der Waals surface area contributed by atoms with E-state index in [4.69, 9.17) is 0 Å². The molecule has 0 spiro atoms. The maximum atomic E-state index is 3.74. The Morgan fingerprint density at radius 3 is 2.55 bits per heavy atom. The van der Waals surface area contributed by atoms with Crippen molar-refractivity contribution in [1.29, 1.82) is 0 Å². The minimum absolute atomic E-state index is 0.379. The Bertz CT molecular complexity index is 447. The van der Waals surface area contributed by atoms with Crippen LogP contribution in [0.15, 0.2) is 24.3 Å². The monoisotopic (exact) mass is 289 g/mol. The Morgan fingerprint density at radius 1 is 1.20 bits per heavy atom. The average Bonchev–Trinajstić information content (AvgIpc) is 2.35. The summed E-state index contributed by atoms with van der Waals surface area (Å²) >= 11 is 0. The third kappa shape index (κ3) is 3.73. The van der Waals surface area contributed by atoms with Crippen LogP contribution in [0.25, 0.3) is 0 Å². The number of hydrogen-bond donors (Lipinski definition) is 1. The molecule has 0 heterocycles. The van der Waals surface area contributed by atoms with Gasteiger partial charge in [-0.1, -0.05) is 57.8 Å². The lowest BCUT2D eigenvalue weighted by Crippen LogP contribution is -2.47. The van der Waals surface area contributed by atoms with Gasteiger partial charge in [0.05, 0.1) is 0 Å². The maximum Gasteiger partial charge on any atom is 0.0451 e. The normalized spacial score (nSPS) is 22.9. The zero-order valence-electron chi connectivity index (χ0n) is 13.9. The van der Waals surface area contributed by atoms with Crippen molar-refractivity contribution < 1.29 is 0 Å². The Kier molecular flexibility index (Phi) is 4.75. The Balaban J connectivity index is 2.37. The fourth-order valence-corrected chi connectivity index (χ4v) is 6.37. The van der Waals surface area contributed by atoms with Gasteiger partial charge in [-0.15, -0.1) is 0 Å². The summed E-state index contributed by atoms with van der Waals surface area (Å²) in [4.78, 5) is 0. The molecule has 0 saturated carbocycles. The number of hydrogen-bond acceptors (Lipinski definition) is 1. The molecule has 0 aliphatic heterocycles. The van der Waals surface area contributed by atoms with E-state index < -0.39 is 8.07 Å². The summed E-state index contributed by atoms with van der Waals surface area (Å²) in [5.41, 5.74) is 3.62. The molecule has 2 rings (SSSR count). The number of aryl methyl sites for hydroxylation is 1. The van der Waals surface area contributed by atoms with Crippen LogP contribution in [-0.2, 0) is 11.8 Å². The van der Waals surface area contributed by atoms with Crippen molar-refractivity contribution in [2.45, 2.75) is 70.3 Å². The molecule has 1 N–H and O–H groups in total. The van der Waals surface area contributed by atoms with E-state index in [1.54, 1.807) is 11.1 Å². The molecule has 1 aliphatic rings. The van der Waals surface area contributed by atoms with E-state index in [0.29, 0.717) is 11.5 Å². The minimum Gasteiger partial charge on any atom is -0.314 e. The number of fused-ring (bicyclic) bond motifs is 1. The van der Waals surface area contributed by atoms with E-state index >= 15 is 0 Å². The molecule has 1 aromatic rings. The van der Waals surface area contributed by atoms with E-state index in [1.165, 1.54) is 25.3 Å². The molecule has 0 fully saturated rings. The Morgan fingerprint density at radius 2 is 1.90 bits per heavy atom. The lowest BCUT2D eigenvalue weighted by Gasteiger charge is -2.43. The van der Waals surface area contributed by atoms with Gasteiger partial charge in [0.1, 0.15) is 0 Å². The van der Waals surface area contributed by atoms with Crippen molar-refractivity contribution in [2.75, 3.05) is 6.54 Å². The van der Waals surface area contributed by atoms with E-state index in [-0.39, 0.29) is 0 Å². The summed E-state index contributed by atoms with van der Waals surface area (Å²) < 4.78 is 0. The largest absolute Gasteiger partial charge is 0.314 e. The molecule has 112 valence electrons. The van der Waals surface area contributed by atoms with Crippen molar-refractivity contribution in [3.05, 3.63) is 35.4 Å². The first-order valence-corrected chi connectivity index (χ1v) is 11.8. The van der Waals surface area contributed by atoms with Crippen molar-refractivity contribution in [3.8, 4) is 0 Å². The number of nitrogens with one attached hydrogen (secondary N) is 1. The molecule has 1 aromatic carbocycles. The van der Waals surface area contributed by atoms with Gasteiger partial charge in [0, 0.05) is 26.1 Å². The van der Waals surface area contributed by atoms with Crippen LogP contribution in [0.5, 0.6) is 0 Å². The Hall–Kier alpha value is -0.603. The maximum absolute atomic E-state index is 3.74. The summed E-state index contributed by atoms with van der Waals surface area (Å²) in [5.74, 6) is 0. The highest BCUT2D eigenvalue weighted by molar-refractivity contribution is 6.76. The molecule has 0 amide bonds. The van der Waals surface area contributed by atoms with Crippen LogP contribution in [0.3, 0.4) is 0 Å². The van der Waals surface area contributed by atoms with Gasteiger partial charge in [-0.2, -0.15) is 0 Å². The molecule has 0 radical (unpaired) electrons. The van der Waals surface area contributed by atoms with Gasteiger partial charge < -0.3 is 5.32 Å². The van der Waals surface area contributed by atoms with Crippen molar-refractivity contribution in [3.63, 3.8) is 0 Å². The van der Waals surface area contributed by atoms with Crippen LogP contribution < -0.4 is 5.32 Å². The summed E-state index contributed by atoms with van der Waals surface area (Å²) in [6, 6.07) is 11.2. The van der Waals surface area contributed by atoms with E-state index in [0.717, 1.165) is 6.54 Å². The predicted octanol–water partition coefficient (Wildman–Crippen LogP) is 4.60. The zero-order chi connectivity index (χ0) is 14.8. The van der Waals surface area contributed by atoms with Crippen LogP contribution in [0.4, 0.5) is 0 Å². The highest BCUT2D eigenvalue weighted by Crippen LogP contribution is 2.42. The number of benzene rings is 1. The first kappa shape index (κ1) is 15.8. The third-order valence-corrected chi connectivity index (χ3v) is 6.15. The van der Waals surface area contributed by atoms with Gasteiger partial charge in [0.2, 0.25) is 0 Å². The topological polar surface area (TPSA) is 12.0 Å². The standard InChI is InChI=1S/C18H31NSi/c1-15(2)19-13-18(14-20(3,4)5)12-8-10-16-9-6-7-11-17(16)18/h6-7,9,11,15,19H,8,10,12-14H2,1-5H3. The fraction of sp³-hybridized carbons (Fsp3) is 0.667. The van der Waals surface area contributed by atoms with Crippen molar-refractivity contribution in [1.82, 2.24) is 5.32 Å². The highest BCUT2D eigenvalue weighted by Gasteiger charge is 2.39. The van der Waals surface area contributed by atoms with E-state index in [1.807, 2.05) is 0 Å². The molecule has 1 nitrogen and oxygen atoms in total. The molecule has 0 bridgehead atoms. The SMILES string of the molecule is CC(C)NCC1(C[Si](C)(C)C)CCCc2ccccc21. The van der Waals surface area contributed by atoms with Crippen LogP contribution in [-0.4, -0.2) is 20.7 Å². The summed E-state index contributed by atoms with van der Waals surface area (Å²) in [7, 11) is -1.10. The molecule has 1 aliphatic carbocycles. The lowest BCUT2D eigenvalue weighted by molar-refractivity contribution is 0.353. The predicted molar refractivity (Wildman–Crippen MR) is 92.3 cm³/mol. The molecule has 0 saturated heterocycles. The van der Waals surface area contributed by atoms with Crippen molar-refractivity contribution in [2.24, 2.45) is 0 Å². The molecule has 0 aromatic heterocycles. The zero-order valence-corrected chi connectivity index (χ0v) is 14.9.